The van der Waals surface area contributed by atoms with Crippen LogP contribution in [0.2, 0.25) is 0 Å². The molecule has 3 nitrogen and oxygen atoms in total. The number of hydrogen-bond donors (Lipinski definition) is 0. The van der Waals surface area contributed by atoms with E-state index in [1.54, 1.807) is 6.21 Å². The lowest BCUT2D eigenvalue weighted by molar-refractivity contribution is -0.472. The number of nitrogens with zero attached hydrogens (tertiary/aromatic N) is 2. The van der Waals surface area contributed by atoms with Gasteiger partial charge in [0, 0.05) is 23.9 Å². The van der Waals surface area contributed by atoms with Crippen LogP contribution >= 0.6 is 0 Å². The summed E-state index contributed by atoms with van der Waals surface area (Å²) in [6, 6.07) is 23.9. The Labute approximate surface area is 148 Å². The second-order valence-corrected chi connectivity index (χ2v) is 6.01. The maximum Gasteiger partial charge on any atom is 0.178 e. The molecule has 0 radical (unpaired) electrons. The molecule has 0 bridgehead atoms. The Morgan fingerprint density at radius 2 is 1.56 bits per heavy atom. The molecule has 0 saturated heterocycles. The third-order valence-corrected chi connectivity index (χ3v) is 4.19. The van der Waals surface area contributed by atoms with Crippen LogP contribution in [0.3, 0.4) is 0 Å². The zero-order valence-corrected chi connectivity index (χ0v) is 14.2. The topological polar surface area (TPSA) is 31.0 Å². The summed E-state index contributed by atoms with van der Waals surface area (Å²) in [4.78, 5) is 0. The van der Waals surface area contributed by atoms with Crippen molar-refractivity contribution in [1.82, 2.24) is 4.57 Å². The fourth-order valence-electron chi connectivity index (χ4n) is 2.97. The first-order valence-electron chi connectivity index (χ1n) is 8.42. The second kappa shape index (κ2) is 8.15. The van der Waals surface area contributed by atoms with Gasteiger partial charge in [-0.1, -0.05) is 67.2 Å². The average molecular weight is 330 g/mol. The first kappa shape index (κ1) is 16.8. The molecule has 1 aromatic heterocycles. The molecule has 0 saturated carbocycles. The minimum atomic E-state index is -0.0633. The molecule has 3 rings (SSSR count). The molecule has 1 heterocycles. The molecule has 0 unspecified atom stereocenters. The van der Waals surface area contributed by atoms with Gasteiger partial charge in [-0.05, 0) is 23.8 Å². The molecule has 3 aromatic rings. The predicted molar refractivity (Wildman–Crippen MR) is 104 cm³/mol. The molecule has 2 aromatic carbocycles. The van der Waals surface area contributed by atoms with Gasteiger partial charge in [-0.3, -0.25) is 0 Å². The van der Waals surface area contributed by atoms with Crippen molar-refractivity contribution in [2.24, 2.45) is 0 Å². The van der Waals surface area contributed by atoms with E-state index in [1.165, 1.54) is 5.56 Å². The van der Waals surface area contributed by atoms with Crippen molar-refractivity contribution in [2.75, 3.05) is 0 Å². The Morgan fingerprint density at radius 1 is 0.920 bits per heavy atom. The van der Waals surface area contributed by atoms with Crippen LogP contribution in [0.25, 0.3) is 6.08 Å². The molecular weight excluding hydrogens is 308 g/mol. The molecule has 0 N–H and O–H groups in total. The van der Waals surface area contributed by atoms with E-state index in [0.717, 1.165) is 22.4 Å². The third-order valence-electron chi connectivity index (χ3n) is 4.19. The highest BCUT2D eigenvalue weighted by atomic mass is 16.5. The van der Waals surface area contributed by atoms with Crippen molar-refractivity contribution in [1.29, 1.82) is 0 Å². The first-order valence-corrected chi connectivity index (χ1v) is 8.42. The number of hydroxylamine groups is 1. The summed E-state index contributed by atoms with van der Waals surface area (Å²) >= 11 is 0. The molecular formula is C22H22N2O. The van der Waals surface area contributed by atoms with Gasteiger partial charge in [0.2, 0.25) is 0 Å². The monoisotopic (exact) mass is 330 g/mol. The molecule has 0 aliphatic carbocycles. The van der Waals surface area contributed by atoms with Gasteiger partial charge in [-0.15, -0.1) is 0 Å². The van der Waals surface area contributed by atoms with Gasteiger partial charge < -0.3 is 9.77 Å². The minimum absolute atomic E-state index is 0.0633. The van der Waals surface area contributed by atoms with Crippen LogP contribution in [-0.4, -0.2) is 15.5 Å². The van der Waals surface area contributed by atoms with Crippen LogP contribution in [0, 0.1) is 5.21 Å². The van der Waals surface area contributed by atoms with E-state index < -0.39 is 0 Å². The van der Waals surface area contributed by atoms with Crippen LogP contribution in [0.15, 0.2) is 85.6 Å². The van der Waals surface area contributed by atoms with E-state index in [-0.39, 0.29) is 6.04 Å². The highest BCUT2D eigenvalue weighted by Gasteiger charge is 2.15. The minimum Gasteiger partial charge on any atom is -0.624 e. The first-order chi connectivity index (χ1) is 12.3. The quantitative estimate of drug-likeness (QED) is 0.267. The fourth-order valence-corrected chi connectivity index (χ4v) is 2.97. The van der Waals surface area contributed by atoms with E-state index in [2.05, 4.69) is 23.3 Å². The molecule has 0 spiro atoms. The lowest BCUT2D eigenvalue weighted by Crippen LogP contribution is -2.19. The molecule has 1 atom stereocenters. The summed E-state index contributed by atoms with van der Waals surface area (Å²) in [5, 5.41) is 12.5. The average Bonchev–Trinajstić information content (AvgIpc) is 3.11. The summed E-state index contributed by atoms with van der Waals surface area (Å²) in [6.45, 7) is 4.22. The number of aromatic nitrogens is 1. The molecule has 0 amide bonds. The lowest BCUT2D eigenvalue weighted by atomic mass is 10.1. The molecule has 3 heteroatoms. The van der Waals surface area contributed by atoms with E-state index in [9.17, 15) is 5.21 Å². The summed E-state index contributed by atoms with van der Waals surface area (Å²) < 4.78 is 3.12. The van der Waals surface area contributed by atoms with Crippen LogP contribution in [0.4, 0.5) is 0 Å². The lowest BCUT2D eigenvalue weighted by Gasteiger charge is -2.17. The van der Waals surface area contributed by atoms with Crippen LogP contribution in [0.1, 0.15) is 22.9 Å². The van der Waals surface area contributed by atoms with Gasteiger partial charge >= 0.3 is 0 Å². The van der Waals surface area contributed by atoms with Gasteiger partial charge in [0.25, 0.3) is 0 Å². The van der Waals surface area contributed by atoms with Crippen molar-refractivity contribution in [3.63, 3.8) is 0 Å². The van der Waals surface area contributed by atoms with Crippen molar-refractivity contribution in [3.05, 3.63) is 108 Å². The molecule has 126 valence electrons. The van der Waals surface area contributed by atoms with Gasteiger partial charge in [0.1, 0.15) is 6.04 Å². The van der Waals surface area contributed by atoms with Crippen molar-refractivity contribution in [2.45, 2.75) is 19.0 Å². The Kier molecular flexibility index (Phi) is 5.47. The standard InChI is InChI=1S/C22H22N2O/c1-2-21-14-9-15-24(21)22(16-19-10-5-3-6-11-19)18-23(25)17-20-12-7-4-8-13-20/h2-15,18,22H,1,16-17H2/b23-18-/t22-/m0/s1. The smallest absolute Gasteiger partial charge is 0.178 e. The van der Waals surface area contributed by atoms with Crippen LogP contribution in [0.5, 0.6) is 0 Å². The Bertz CT molecular complexity index is 835. The number of hydrogen-bond acceptors (Lipinski definition) is 1. The SMILES string of the molecule is C=Cc1cccn1[C@H](/C=[N+](\[O-])Cc1ccccc1)Cc1ccccc1. The van der Waals surface area contributed by atoms with Crippen molar-refractivity contribution < 1.29 is 4.74 Å². The van der Waals surface area contributed by atoms with Crippen LogP contribution < -0.4 is 0 Å². The van der Waals surface area contributed by atoms with Gasteiger partial charge in [-0.25, -0.2) is 4.74 Å². The van der Waals surface area contributed by atoms with Crippen LogP contribution in [-0.2, 0) is 13.0 Å². The summed E-state index contributed by atoms with van der Waals surface area (Å²) in [5.41, 5.74) is 3.20. The third kappa shape index (κ3) is 4.48. The van der Waals surface area contributed by atoms with Gasteiger partial charge in [-0.2, -0.15) is 0 Å². The largest absolute Gasteiger partial charge is 0.624 e. The highest BCUT2D eigenvalue weighted by Crippen LogP contribution is 2.17. The predicted octanol–water partition coefficient (Wildman–Crippen LogP) is 4.70. The maximum atomic E-state index is 12.5. The molecule has 0 aliphatic rings. The highest BCUT2D eigenvalue weighted by molar-refractivity contribution is 5.60. The second-order valence-electron chi connectivity index (χ2n) is 6.01. The normalized spacial score (nSPS) is 12.7. The molecule has 25 heavy (non-hydrogen) atoms. The van der Waals surface area contributed by atoms with Gasteiger partial charge in [0.15, 0.2) is 12.8 Å². The Hall–Kier alpha value is -3.07. The van der Waals surface area contributed by atoms with Crippen molar-refractivity contribution in [3.8, 4) is 0 Å². The fraction of sp³-hybridized carbons (Fsp3) is 0.136. The number of benzene rings is 2. The zero-order chi connectivity index (χ0) is 17.5. The summed E-state index contributed by atoms with van der Waals surface area (Å²) in [6.07, 6.45) is 6.33. The van der Waals surface area contributed by atoms with E-state index in [1.807, 2.05) is 72.9 Å². The van der Waals surface area contributed by atoms with E-state index in [4.69, 9.17) is 0 Å². The Balaban J connectivity index is 1.87. The molecule has 0 aliphatic heterocycles. The van der Waals surface area contributed by atoms with Crippen molar-refractivity contribution >= 4 is 12.3 Å². The van der Waals surface area contributed by atoms with E-state index >= 15 is 0 Å². The molecule has 0 fully saturated rings. The van der Waals surface area contributed by atoms with Gasteiger partial charge in [0.05, 0.1) is 0 Å². The zero-order valence-electron chi connectivity index (χ0n) is 14.2. The number of rotatable bonds is 7. The van der Waals surface area contributed by atoms with E-state index in [0.29, 0.717) is 6.54 Å². The summed E-state index contributed by atoms with van der Waals surface area (Å²) in [5.74, 6) is 0. The maximum absolute atomic E-state index is 12.5. The Morgan fingerprint density at radius 3 is 2.20 bits per heavy atom. The summed E-state index contributed by atoms with van der Waals surface area (Å²) in [7, 11) is 0.